The van der Waals surface area contributed by atoms with Gasteiger partial charge in [0.05, 0.1) is 5.75 Å². The molecule has 0 radical (unpaired) electrons. The molecule has 0 amide bonds. The second-order valence-electron chi connectivity index (χ2n) is 4.67. The van der Waals surface area contributed by atoms with Gasteiger partial charge in [-0.2, -0.15) is 0 Å². The first-order valence-corrected chi connectivity index (χ1v) is 7.89. The van der Waals surface area contributed by atoms with E-state index in [0.717, 1.165) is 16.9 Å². The van der Waals surface area contributed by atoms with Gasteiger partial charge in [-0.25, -0.2) is 13.6 Å². The second kappa shape index (κ2) is 6.02. The summed E-state index contributed by atoms with van der Waals surface area (Å²) in [4.78, 5) is 4.23. The largest absolute Gasteiger partial charge is 0.381 e. The molecule has 6 heteroatoms. The van der Waals surface area contributed by atoms with E-state index in [2.05, 4.69) is 10.3 Å². The number of nitrogens with two attached hydrogens (primary N) is 1. The van der Waals surface area contributed by atoms with Crippen LogP contribution in [0.1, 0.15) is 16.8 Å². The van der Waals surface area contributed by atoms with Gasteiger partial charge in [0.25, 0.3) is 0 Å². The number of rotatable bonds is 5. The van der Waals surface area contributed by atoms with Crippen LogP contribution in [0.5, 0.6) is 0 Å². The smallest absolute Gasteiger partial charge is 0.213 e. The van der Waals surface area contributed by atoms with Gasteiger partial charge in [0, 0.05) is 24.1 Å². The van der Waals surface area contributed by atoms with Crippen molar-refractivity contribution in [3.63, 3.8) is 0 Å². The van der Waals surface area contributed by atoms with Gasteiger partial charge in [0.15, 0.2) is 0 Å². The Kier molecular flexibility index (Phi) is 4.36. The molecule has 0 aliphatic heterocycles. The third-order valence-corrected chi connectivity index (χ3v) is 3.53. The monoisotopic (exact) mass is 291 g/mol. The molecule has 0 bridgehead atoms. The second-order valence-corrected chi connectivity index (χ2v) is 6.28. The maximum atomic E-state index is 11.0. The van der Waals surface area contributed by atoms with Crippen molar-refractivity contribution >= 4 is 15.7 Å². The van der Waals surface area contributed by atoms with Crippen LogP contribution in [0.15, 0.2) is 42.6 Å². The number of primary sulfonamides is 1. The first-order valence-electron chi connectivity index (χ1n) is 6.17. The molecule has 106 valence electrons. The molecular weight excluding hydrogens is 274 g/mol. The van der Waals surface area contributed by atoms with Crippen molar-refractivity contribution in [2.45, 2.75) is 19.2 Å². The average molecular weight is 291 g/mol. The van der Waals surface area contributed by atoms with Gasteiger partial charge in [0.1, 0.15) is 0 Å². The predicted octanol–water partition coefficient (Wildman–Crippen LogP) is 1.79. The van der Waals surface area contributed by atoms with Crippen LogP contribution >= 0.6 is 0 Å². The number of anilines is 1. The van der Waals surface area contributed by atoms with Gasteiger partial charge in [-0.3, -0.25) is 4.98 Å². The molecule has 3 N–H and O–H groups in total. The molecule has 2 rings (SSSR count). The van der Waals surface area contributed by atoms with Crippen LogP contribution in [-0.2, 0) is 22.3 Å². The maximum absolute atomic E-state index is 11.0. The first-order chi connectivity index (χ1) is 9.42. The van der Waals surface area contributed by atoms with E-state index < -0.39 is 10.0 Å². The van der Waals surface area contributed by atoms with E-state index in [-0.39, 0.29) is 5.75 Å². The summed E-state index contributed by atoms with van der Waals surface area (Å²) < 4.78 is 22.0. The fourth-order valence-corrected chi connectivity index (χ4v) is 2.42. The molecule has 1 aromatic heterocycles. The SMILES string of the molecule is Cc1ccc(CNc2ccc(CS(N)(=O)=O)cc2)cn1. The number of aromatic nitrogens is 1. The van der Waals surface area contributed by atoms with Gasteiger partial charge < -0.3 is 5.32 Å². The molecular formula is C14H17N3O2S. The highest BCUT2D eigenvalue weighted by molar-refractivity contribution is 7.88. The number of benzene rings is 1. The van der Waals surface area contributed by atoms with E-state index in [1.165, 1.54) is 0 Å². The van der Waals surface area contributed by atoms with Gasteiger partial charge in [-0.15, -0.1) is 0 Å². The lowest BCUT2D eigenvalue weighted by Crippen LogP contribution is -2.14. The number of nitrogens with zero attached hydrogens (tertiary/aromatic N) is 1. The normalized spacial score (nSPS) is 11.3. The standard InChI is InChI=1S/C14H17N3O2S/c1-11-2-3-13(8-16-11)9-17-14-6-4-12(5-7-14)10-20(15,18)19/h2-8,17H,9-10H2,1H3,(H2,15,18,19). The molecule has 0 aliphatic carbocycles. The Balaban J connectivity index is 1.95. The molecule has 0 saturated carbocycles. The predicted molar refractivity (Wildman–Crippen MR) is 79.6 cm³/mol. The molecule has 2 aromatic rings. The molecule has 20 heavy (non-hydrogen) atoms. The van der Waals surface area contributed by atoms with Crippen LogP contribution in [-0.4, -0.2) is 13.4 Å². The summed E-state index contributed by atoms with van der Waals surface area (Å²) >= 11 is 0. The van der Waals surface area contributed by atoms with E-state index in [1.54, 1.807) is 12.1 Å². The average Bonchev–Trinajstić information content (AvgIpc) is 2.38. The summed E-state index contributed by atoms with van der Waals surface area (Å²) in [7, 11) is -3.48. The number of sulfonamides is 1. The van der Waals surface area contributed by atoms with Crippen molar-refractivity contribution in [1.29, 1.82) is 0 Å². The minimum Gasteiger partial charge on any atom is -0.381 e. The van der Waals surface area contributed by atoms with Crippen molar-refractivity contribution in [2.75, 3.05) is 5.32 Å². The molecule has 1 heterocycles. The fourth-order valence-electron chi connectivity index (χ4n) is 1.76. The highest BCUT2D eigenvalue weighted by atomic mass is 32.2. The summed E-state index contributed by atoms with van der Waals surface area (Å²) in [6.45, 7) is 2.61. The van der Waals surface area contributed by atoms with Crippen molar-refractivity contribution in [1.82, 2.24) is 4.98 Å². The summed E-state index contributed by atoms with van der Waals surface area (Å²) in [5.74, 6) is -0.144. The van der Waals surface area contributed by atoms with Crippen LogP contribution < -0.4 is 10.5 Å². The van der Waals surface area contributed by atoms with Crippen molar-refractivity contribution in [2.24, 2.45) is 5.14 Å². The lowest BCUT2D eigenvalue weighted by Gasteiger charge is -2.07. The van der Waals surface area contributed by atoms with Crippen molar-refractivity contribution < 1.29 is 8.42 Å². The van der Waals surface area contributed by atoms with Gasteiger partial charge >= 0.3 is 0 Å². The first kappa shape index (κ1) is 14.5. The van der Waals surface area contributed by atoms with E-state index in [0.29, 0.717) is 12.1 Å². The Morgan fingerprint density at radius 3 is 2.30 bits per heavy atom. The number of hydrogen-bond donors (Lipinski definition) is 2. The Morgan fingerprint density at radius 1 is 1.10 bits per heavy atom. The van der Waals surface area contributed by atoms with Gasteiger partial charge in [-0.05, 0) is 36.2 Å². The fraction of sp³-hybridized carbons (Fsp3) is 0.214. The topological polar surface area (TPSA) is 85.1 Å². The van der Waals surface area contributed by atoms with Crippen molar-refractivity contribution in [3.8, 4) is 0 Å². The minimum absolute atomic E-state index is 0.144. The Bertz CT molecular complexity index is 665. The minimum atomic E-state index is -3.48. The Hall–Kier alpha value is -1.92. The third kappa shape index (κ3) is 4.64. The highest BCUT2D eigenvalue weighted by Crippen LogP contribution is 2.12. The zero-order chi connectivity index (χ0) is 14.6. The number of pyridine rings is 1. The van der Waals surface area contributed by atoms with Crippen LogP contribution in [0.4, 0.5) is 5.69 Å². The highest BCUT2D eigenvalue weighted by Gasteiger charge is 2.04. The number of aryl methyl sites for hydroxylation is 1. The zero-order valence-corrected chi connectivity index (χ0v) is 12.0. The van der Waals surface area contributed by atoms with E-state index in [9.17, 15) is 8.42 Å². The van der Waals surface area contributed by atoms with Crippen molar-refractivity contribution in [3.05, 3.63) is 59.4 Å². The zero-order valence-electron chi connectivity index (χ0n) is 11.2. The summed E-state index contributed by atoms with van der Waals surface area (Å²) in [6, 6.07) is 11.2. The molecule has 0 fully saturated rings. The Labute approximate surface area is 118 Å². The Morgan fingerprint density at radius 2 is 1.75 bits per heavy atom. The molecule has 0 unspecified atom stereocenters. The van der Waals surface area contributed by atoms with Crippen LogP contribution in [0.25, 0.3) is 0 Å². The molecule has 1 aromatic carbocycles. The lowest BCUT2D eigenvalue weighted by atomic mass is 10.2. The molecule has 5 nitrogen and oxygen atoms in total. The number of hydrogen-bond acceptors (Lipinski definition) is 4. The maximum Gasteiger partial charge on any atom is 0.213 e. The molecule has 0 spiro atoms. The lowest BCUT2D eigenvalue weighted by molar-refractivity contribution is 0.597. The van der Waals surface area contributed by atoms with Crippen LogP contribution in [0, 0.1) is 6.92 Å². The van der Waals surface area contributed by atoms with Crippen LogP contribution in [0.3, 0.4) is 0 Å². The summed E-state index contributed by atoms with van der Waals surface area (Å²) in [6.07, 6.45) is 1.83. The van der Waals surface area contributed by atoms with Crippen LogP contribution in [0.2, 0.25) is 0 Å². The van der Waals surface area contributed by atoms with Gasteiger partial charge in [-0.1, -0.05) is 18.2 Å². The third-order valence-electron chi connectivity index (χ3n) is 2.79. The van der Waals surface area contributed by atoms with E-state index in [4.69, 9.17) is 5.14 Å². The van der Waals surface area contributed by atoms with E-state index in [1.807, 2.05) is 37.4 Å². The molecule has 0 saturated heterocycles. The van der Waals surface area contributed by atoms with E-state index >= 15 is 0 Å². The summed E-state index contributed by atoms with van der Waals surface area (Å²) in [5, 5.41) is 8.25. The number of nitrogens with one attached hydrogen (secondary N) is 1. The summed E-state index contributed by atoms with van der Waals surface area (Å²) in [5.41, 5.74) is 3.67. The quantitative estimate of drug-likeness (QED) is 0.879. The van der Waals surface area contributed by atoms with Gasteiger partial charge in [0.2, 0.25) is 10.0 Å². The molecule has 0 aliphatic rings. The molecule has 0 atom stereocenters.